The van der Waals surface area contributed by atoms with Crippen LogP contribution in [0.25, 0.3) is 21.9 Å². The second-order valence-electron chi connectivity index (χ2n) is 9.16. The van der Waals surface area contributed by atoms with Crippen LogP contribution in [-0.2, 0) is 6.54 Å². The molecule has 9 heteroatoms. The zero-order valence-electron chi connectivity index (χ0n) is 21.1. The van der Waals surface area contributed by atoms with Gasteiger partial charge in [-0.05, 0) is 42.3 Å². The van der Waals surface area contributed by atoms with E-state index in [0.29, 0.717) is 27.1 Å². The highest BCUT2D eigenvalue weighted by molar-refractivity contribution is 6.41. The number of hydrogen-bond donors (Lipinski definition) is 1. The first-order valence-electron chi connectivity index (χ1n) is 12.1. The highest BCUT2D eigenvalue weighted by atomic mass is 35.5. The molecule has 1 N–H and O–H groups in total. The van der Waals surface area contributed by atoms with Gasteiger partial charge in [0, 0.05) is 55.9 Å². The summed E-state index contributed by atoms with van der Waals surface area (Å²) < 4.78 is 10.8. The molecule has 4 aromatic rings. The molecule has 2 aromatic carbocycles. The Morgan fingerprint density at radius 1 is 0.838 bits per heavy atom. The van der Waals surface area contributed by atoms with Crippen molar-refractivity contribution in [1.82, 2.24) is 19.8 Å². The lowest BCUT2D eigenvalue weighted by molar-refractivity contribution is 0.147. The first kappa shape index (κ1) is 25.5. The first-order chi connectivity index (χ1) is 17.9. The Hall–Kier alpha value is -3.10. The van der Waals surface area contributed by atoms with Crippen molar-refractivity contribution in [2.45, 2.75) is 6.54 Å². The fourth-order valence-corrected chi connectivity index (χ4v) is 5.20. The van der Waals surface area contributed by atoms with Crippen LogP contribution in [-0.4, -0.2) is 67.2 Å². The Bertz CT molecular complexity index is 1380. The van der Waals surface area contributed by atoms with Crippen molar-refractivity contribution in [3.63, 3.8) is 0 Å². The summed E-state index contributed by atoms with van der Waals surface area (Å²) in [7, 11) is 5.29. The molecular weight excluding hydrogens is 509 g/mol. The number of aromatic nitrogens is 2. The van der Waals surface area contributed by atoms with Gasteiger partial charge in [0.15, 0.2) is 0 Å². The van der Waals surface area contributed by atoms with E-state index in [9.17, 15) is 0 Å². The number of pyridine rings is 2. The molecule has 5 rings (SSSR count). The Kier molecular flexibility index (Phi) is 7.67. The molecule has 1 aliphatic heterocycles. The minimum absolute atomic E-state index is 0.433. The van der Waals surface area contributed by atoms with Crippen molar-refractivity contribution in [2.24, 2.45) is 0 Å². The molecule has 37 heavy (non-hydrogen) atoms. The fraction of sp³-hybridized carbons (Fsp3) is 0.286. The van der Waals surface area contributed by atoms with Gasteiger partial charge in [-0.1, -0.05) is 35.3 Å². The normalized spacial score (nSPS) is 14.6. The number of likely N-dealkylation sites (N-methyl/N-ethyl adjacent to an activating group) is 1. The van der Waals surface area contributed by atoms with Crippen LogP contribution in [0.3, 0.4) is 0 Å². The van der Waals surface area contributed by atoms with Crippen molar-refractivity contribution >= 4 is 45.5 Å². The molecule has 1 aliphatic rings. The number of nitrogens with zero attached hydrogens (tertiary/aromatic N) is 4. The summed E-state index contributed by atoms with van der Waals surface area (Å²) >= 11 is 13.2. The Morgan fingerprint density at radius 3 is 2.22 bits per heavy atom. The van der Waals surface area contributed by atoms with Crippen LogP contribution < -0.4 is 14.8 Å². The number of hydrogen-bond acceptors (Lipinski definition) is 7. The molecule has 192 valence electrons. The molecule has 3 heterocycles. The molecule has 0 amide bonds. The number of halogens is 2. The van der Waals surface area contributed by atoms with Gasteiger partial charge in [-0.15, -0.1) is 0 Å². The van der Waals surface area contributed by atoms with Crippen molar-refractivity contribution in [2.75, 3.05) is 52.8 Å². The number of benzene rings is 2. The predicted molar refractivity (Wildman–Crippen MR) is 151 cm³/mol. The molecule has 0 unspecified atom stereocenters. The highest BCUT2D eigenvalue weighted by Crippen LogP contribution is 2.46. The van der Waals surface area contributed by atoms with Crippen LogP contribution in [0.2, 0.25) is 10.0 Å². The van der Waals surface area contributed by atoms with Gasteiger partial charge >= 0.3 is 0 Å². The predicted octanol–water partition coefficient (Wildman–Crippen LogP) is 6.11. The van der Waals surface area contributed by atoms with E-state index in [1.165, 1.54) is 0 Å². The molecule has 0 saturated carbocycles. The number of methoxy groups -OCH3 is 2. The molecule has 2 aromatic heterocycles. The van der Waals surface area contributed by atoms with Crippen molar-refractivity contribution in [3.8, 4) is 22.6 Å². The molecule has 7 nitrogen and oxygen atoms in total. The molecule has 0 atom stereocenters. The van der Waals surface area contributed by atoms with Crippen LogP contribution in [0, 0.1) is 0 Å². The van der Waals surface area contributed by atoms with Gasteiger partial charge in [0.1, 0.15) is 17.3 Å². The SMILES string of the molecule is COc1cc(OC)c(Cl)c(-c2ccc3cc(Nc4ccc(CN5CCN(C)CC5)nc4)ncc3c2)c1Cl. The summed E-state index contributed by atoms with van der Waals surface area (Å²) in [5, 5.41) is 6.21. The average molecular weight is 538 g/mol. The lowest BCUT2D eigenvalue weighted by Crippen LogP contribution is -2.43. The minimum Gasteiger partial charge on any atom is -0.495 e. The van der Waals surface area contributed by atoms with Crippen LogP contribution >= 0.6 is 23.2 Å². The largest absolute Gasteiger partial charge is 0.495 e. The van der Waals surface area contributed by atoms with Gasteiger partial charge in [-0.3, -0.25) is 9.88 Å². The summed E-state index contributed by atoms with van der Waals surface area (Å²) in [5.41, 5.74) is 3.47. The molecule has 0 spiro atoms. The second kappa shape index (κ2) is 11.1. The minimum atomic E-state index is 0.433. The quantitative estimate of drug-likeness (QED) is 0.305. The standard InChI is InChI=1S/C28H29Cl2N5O2/c1-34-8-10-35(11-9-34)17-22-7-6-21(16-31-22)33-25-13-18-4-5-19(12-20(18)15-32-25)26-27(29)23(36-2)14-24(37-3)28(26)30/h4-7,12-16H,8-11,17H2,1-3H3,(H,32,33). The van der Waals surface area contributed by atoms with Crippen LogP contribution in [0.15, 0.2) is 54.9 Å². The summed E-state index contributed by atoms with van der Waals surface area (Å²) in [5.74, 6) is 1.74. The van der Waals surface area contributed by atoms with Gasteiger partial charge in [0.05, 0.1) is 41.8 Å². The van der Waals surface area contributed by atoms with Crippen LogP contribution in [0.5, 0.6) is 11.5 Å². The third kappa shape index (κ3) is 5.60. The number of nitrogens with one attached hydrogen (secondary N) is 1. The van der Waals surface area contributed by atoms with Gasteiger partial charge < -0.3 is 19.7 Å². The summed E-state index contributed by atoms with van der Waals surface area (Å²) in [6, 6.07) is 13.8. The molecule has 1 saturated heterocycles. The van der Waals surface area contributed by atoms with E-state index in [1.807, 2.05) is 42.7 Å². The molecule has 1 fully saturated rings. The van der Waals surface area contributed by atoms with Crippen molar-refractivity contribution in [1.29, 1.82) is 0 Å². The third-order valence-electron chi connectivity index (χ3n) is 6.66. The van der Waals surface area contributed by atoms with E-state index in [0.717, 1.165) is 66.3 Å². The summed E-state index contributed by atoms with van der Waals surface area (Å²) in [6.45, 7) is 5.22. The number of rotatable bonds is 7. The topological polar surface area (TPSA) is 62.8 Å². The third-order valence-corrected chi connectivity index (χ3v) is 7.41. The van der Waals surface area contributed by atoms with Crippen molar-refractivity contribution < 1.29 is 9.47 Å². The zero-order chi connectivity index (χ0) is 25.9. The lowest BCUT2D eigenvalue weighted by Gasteiger charge is -2.32. The van der Waals surface area contributed by atoms with E-state index in [1.54, 1.807) is 20.3 Å². The number of anilines is 2. The maximum absolute atomic E-state index is 6.61. The molecule has 0 bridgehead atoms. The molecular formula is C28H29Cl2N5O2. The zero-order valence-corrected chi connectivity index (χ0v) is 22.6. The van der Waals surface area contributed by atoms with Crippen LogP contribution in [0.4, 0.5) is 11.5 Å². The van der Waals surface area contributed by atoms with Gasteiger partial charge in [-0.25, -0.2) is 4.98 Å². The monoisotopic (exact) mass is 537 g/mol. The van der Waals surface area contributed by atoms with Gasteiger partial charge in [0.25, 0.3) is 0 Å². The number of fused-ring (bicyclic) bond motifs is 1. The second-order valence-corrected chi connectivity index (χ2v) is 9.91. The molecule has 0 aliphatic carbocycles. The number of piperazine rings is 1. The maximum Gasteiger partial charge on any atom is 0.141 e. The first-order valence-corrected chi connectivity index (χ1v) is 12.8. The van der Waals surface area contributed by atoms with E-state index in [-0.39, 0.29) is 0 Å². The number of ether oxygens (including phenoxy) is 2. The lowest BCUT2D eigenvalue weighted by atomic mass is 10.0. The van der Waals surface area contributed by atoms with Crippen molar-refractivity contribution in [3.05, 3.63) is 70.6 Å². The van der Waals surface area contributed by atoms with Crippen LogP contribution in [0.1, 0.15) is 5.69 Å². The Balaban J connectivity index is 1.33. The van der Waals surface area contributed by atoms with E-state index >= 15 is 0 Å². The summed E-state index contributed by atoms with van der Waals surface area (Å²) in [4.78, 5) is 14.1. The fourth-order valence-electron chi connectivity index (χ4n) is 4.48. The average Bonchev–Trinajstić information content (AvgIpc) is 2.91. The van der Waals surface area contributed by atoms with Gasteiger partial charge in [0.2, 0.25) is 0 Å². The Morgan fingerprint density at radius 2 is 1.57 bits per heavy atom. The van der Waals surface area contributed by atoms with E-state index < -0.39 is 0 Å². The molecule has 0 radical (unpaired) electrons. The van der Waals surface area contributed by atoms with E-state index in [4.69, 9.17) is 32.7 Å². The van der Waals surface area contributed by atoms with E-state index in [2.05, 4.69) is 38.2 Å². The highest BCUT2D eigenvalue weighted by Gasteiger charge is 2.19. The smallest absolute Gasteiger partial charge is 0.141 e. The summed E-state index contributed by atoms with van der Waals surface area (Å²) in [6.07, 6.45) is 3.69. The van der Waals surface area contributed by atoms with Gasteiger partial charge in [-0.2, -0.15) is 0 Å². The maximum atomic E-state index is 6.61. The Labute approximate surface area is 226 Å².